The van der Waals surface area contributed by atoms with Gasteiger partial charge < -0.3 is 16.4 Å². The van der Waals surface area contributed by atoms with Crippen LogP contribution < -0.4 is 16.4 Å². The number of nitrogens with two attached hydrogens (primary N) is 1. The third-order valence-electron chi connectivity index (χ3n) is 1.88. The maximum absolute atomic E-state index is 11.6. The van der Waals surface area contributed by atoms with Crippen LogP contribution in [0.3, 0.4) is 0 Å². The average molecular weight is 266 g/mol. The van der Waals surface area contributed by atoms with Crippen LogP contribution in [-0.4, -0.2) is 29.9 Å². The fraction of sp³-hybridized carbons (Fsp3) is 0.818. The van der Waals surface area contributed by atoms with Crippen molar-refractivity contribution >= 4 is 24.2 Å². The second-order valence-electron chi connectivity index (χ2n) is 4.92. The van der Waals surface area contributed by atoms with Crippen LogP contribution in [0.15, 0.2) is 0 Å². The second-order valence-corrected chi connectivity index (χ2v) is 4.92. The lowest BCUT2D eigenvalue weighted by Crippen LogP contribution is -2.50. The second kappa shape index (κ2) is 8.31. The number of carbonyl (C=O) groups is 2. The summed E-state index contributed by atoms with van der Waals surface area (Å²) in [4.78, 5) is 23.0. The van der Waals surface area contributed by atoms with E-state index in [1.165, 1.54) is 0 Å². The predicted molar refractivity (Wildman–Crippen MR) is 71.0 cm³/mol. The molecule has 0 radical (unpaired) electrons. The van der Waals surface area contributed by atoms with Crippen molar-refractivity contribution in [1.82, 2.24) is 10.6 Å². The molecule has 4 N–H and O–H groups in total. The highest BCUT2D eigenvalue weighted by molar-refractivity contribution is 5.87. The first kappa shape index (κ1) is 18.6. The standard InChI is InChI=1S/C11H23N3O2.ClH/c1-8(10(16)14-11(2,3)4)13-9(15)6-5-7-12;/h8H,5-7,12H2,1-4H3,(H,13,15)(H,14,16);1H. The minimum absolute atomic E-state index is 0. The zero-order valence-electron chi connectivity index (χ0n) is 11.0. The Balaban J connectivity index is 0. The third-order valence-corrected chi connectivity index (χ3v) is 1.88. The molecule has 1 atom stereocenters. The minimum Gasteiger partial charge on any atom is -0.350 e. The first-order chi connectivity index (χ1) is 7.26. The van der Waals surface area contributed by atoms with Crippen molar-refractivity contribution in [3.63, 3.8) is 0 Å². The maximum atomic E-state index is 11.6. The number of halogens is 1. The SMILES string of the molecule is CC(NC(=O)CCCN)C(=O)NC(C)(C)C.Cl. The van der Waals surface area contributed by atoms with E-state index in [9.17, 15) is 9.59 Å². The summed E-state index contributed by atoms with van der Waals surface area (Å²) in [5.41, 5.74) is 5.01. The first-order valence-corrected chi connectivity index (χ1v) is 5.57. The van der Waals surface area contributed by atoms with E-state index in [-0.39, 0.29) is 29.8 Å². The lowest BCUT2D eigenvalue weighted by molar-refractivity contribution is -0.129. The highest BCUT2D eigenvalue weighted by atomic mass is 35.5. The minimum atomic E-state index is -0.510. The molecule has 0 aliphatic rings. The van der Waals surface area contributed by atoms with E-state index in [1.807, 2.05) is 20.8 Å². The van der Waals surface area contributed by atoms with Gasteiger partial charge in [0.2, 0.25) is 11.8 Å². The van der Waals surface area contributed by atoms with Crippen molar-refractivity contribution in [3.8, 4) is 0 Å². The van der Waals surface area contributed by atoms with Gasteiger partial charge in [-0.25, -0.2) is 0 Å². The zero-order chi connectivity index (χ0) is 12.8. The number of hydrogen-bond donors (Lipinski definition) is 3. The Bertz CT molecular complexity index is 252. The number of nitrogens with one attached hydrogen (secondary N) is 2. The summed E-state index contributed by atoms with van der Waals surface area (Å²) in [5, 5.41) is 5.43. The van der Waals surface area contributed by atoms with Crippen LogP contribution in [0.2, 0.25) is 0 Å². The van der Waals surface area contributed by atoms with Gasteiger partial charge in [-0.2, -0.15) is 0 Å². The zero-order valence-corrected chi connectivity index (χ0v) is 11.8. The van der Waals surface area contributed by atoms with E-state index >= 15 is 0 Å². The molecule has 0 rings (SSSR count). The van der Waals surface area contributed by atoms with Crippen molar-refractivity contribution in [2.75, 3.05) is 6.54 Å². The summed E-state index contributed by atoms with van der Waals surface area (Å²) >= 11 is 0. The van der Waals surface area contributed by atoms with Gasteiger partial charge in [0, 0.05) is 12.0 Å². The van der Waals surface area contributed by atoms with Gasteiger partial charge in [0.05, 0.1) is 0 Å². The van der Waals surface area contributed by atoms with Crippen molar-refractivity contribution in [2.45, 2.75) is 52.1 Å². The molecular weight excluding hydrogens is 242 g/mol. The quantitative estimate of drug-likeness (QED) is 0.679. The molecule has 0 aliphatic carbocycles. The largest absolute Gasteiger partial charge is 0.350 e. The summed E-state index contributed by atoms with van der Waals surface area (Å²) in [7, 11) is 0. The number of carbonyl (C=O) groups excluding carboxylic acids is 2. The van der Waals surface area contributed by atoms with Gasteiger partial charge >= 0.3 is 0 Å². The molecule has 0 bridgehead atoms. The molecule has 6 heteroatoms. The third kappa shape index (κ3) is 10.1. The number of amides is 2. The van der Waals surface area contributed by atoms with Gasteiger partial charge in [0.15, 0.2) is 0 Å². The van der Waals surface area contributed by atoms with Crippen LogP contribution in [0.1, 0.15) is 40.5 Å². The van der Waals surface area contributed by atoms with E-state index in [2.05, 4.69) is 10.6 Å². The molecule has 0 aliphatic heterocycles. The van der Waals surface area contributed by atoms with Crippen LogP contribution in [0.5, 0.6) is 0 Å². The van der Waals surface area contributed by atoms with Crippen LogP contribution >= 0.6 is 12.4 Å². The van der Waals surface area contributed by atoms with Gasteiger partial charge in [0.25, 0.3) is 0 Å². The molecule has 1 unspecified atom stereocenters. The molecular formula is C11H24ClN3O2. The number of rotatable bonds is 5. The molecule has 0 saturated carbocycles. The van der Waals surface area contributed by atoms with Crippen LogP contribution in [0, 0.1) is 0 Å². The predicted octanol–water partition coefficient (Wildman–Crippen LogP) is 0.567. The molecule has 2 amide bonds. The fourth-order valence-corrected chi connectivity index (χ4v) is 1.12. The van der Waals surface area contributed by atoms with E-state index in [1.54, 1.807) is 6.92 Å². The fourth-order valence-electron chi connectivity index (χ4n) is 1.12. The molecule has 0 saturated heterocycles. The molecule has 0 aromatic heterocycles. The highest BCUT2D eigenvalue weighted by Gasteiger charge is 2.20. The van der Waals surface area contributed by atoms with E-state index in [0.29, 0.717) is 19.4 Å². The summed E-state index contributed by atoms with van der Waals surface area (Å²) in [5.74, 6) is -0.310. The molecule has 5 nitrogen and oxygen atoms in total. The topological polar surface area (TPSA) is 84.2 Å². The van der Waals surface area contributed by atoms with Crippen molar-refractivity contribution < 1.29 is 9.59 Å². The van der Waals surface area contributed by atoms with Gasteiger partial charge in [-0.1, -0.05) is 0 Å². The Morgan fingerprint density at radius 1 is 1.29 bits per heavy atom. The lowest BCUT2D eigenvalue weighted by atomic mass is 10.1. The van der Waals surface area contributed by atoms with Crippen molar-refractivity contribution in [1.29, 1.82) is 0 Å². The van der Waals surface area contributed by atoms with E-state index < -0.39 is 6.04 Å². The van der Waals surface area contributed by atoms with Crippen molar-refractivity contribution in [3.05, 3.63) is 0 Å². The smallest absolute Gasteiger partial charge is 0.242 e. The van der Waals surface area contributed by atoms with Gasteiger partial charge in [-0.3, -0.25) is 9.59 Å². The molecule has 0 heterocycles. The Hall–Kier alpha value is -0.810. The summed E-state index contributed by atoms with van der Waals surface area (Å²) in [6.45, 7) is 7.84. The van der Waals surface area contributed by atoms with Gasteiger partial charge in [-0.05, 0) is 40.7 Å². The number of hydrogen-bond acceptors (Lipinski definition) is 3. The van der Waals surface area contributed by atoms with E-state index in [0.717, 1.165) is 0 Å². The Morgan fingerprint density at radius 2 is 1.82 bits per heavy atom. The van der Waals surface area contributed by atoms with Crippen LogP contribution in [0.4, 0.5) is 0 Å². The first-order valence-electron chi connectivity index (χ1n) is 5.57. The molecule has 102 valence electrons. The molecule has 0 spiro atoms. The maximum Gasteiger partial charge on any atom is 0.242 e. The van der Waals surface area contributed by atoms with E-state index in [4.69, 9.17) is 5.73 Å². The molecule has 17 heavy (non-hydrogen) atoms. The van der Waals surface area contributed by atoms with Crippen LogP contribution in [0.25, 0.3) is 0 Å². The molecule has 0 fully saturated rings. The molecule has 0 aromatic rings. The van der Waals surface area contributed by atoms with Gasteiger partial charge in [-0.15, -0.1) is 12.4 Å². The monoisotopic (exact) mass is 265 g/mol. The molecule has 0 aromatic carbocycles. The lowest BCUT2D eigenvalue weighted by Gasteiger charge is -2.23. The Labute approximate surface area is 109 Å². The van der Waals surface area contributed by atoms with Crippen molar-refractivity contribution in [2.24, 2.45) is 5.73 Å². The Kier molecular flexibility index (Phi) is 9.06. The summed E-state index contributed by atoms with van der Waals surface area (Å²) in [6, 6.07) is -0.510. The van der Waals surface area contributed by atoms with Crippen LogP contribution in [-0.2, 0) is 9.59 Å². The average Bonchev–Trinajstić information content (AvgIpc) is 2.11. The Morgan fingerprint density at radius 3 is 2.24 bits per heavy atom. The normalized spacial score (nSPS) is 12.3. The highest BCUT2D eigenvalue weighted by Crippen LogP contribution is 1.99. The summed E-state index contributed by atoms with van der Waals surface area (Å²) in [6.07, 6.45) is 1.00. The summed E-state index contributed by atoms with van der Waals surface area (Å²) < 4.78 is 0. The van der Waals surface area contributed by atoms with Gasteiger partial charge in [0.1, 0.15) is 6.04 Å².